The van der Waals surface area contributed by atoms with Crippen LogP contribution in [0.25, 0.3) is 0 Å². The summed E-state index contributed by atoms with van der Waals surface area (Å²) in [6.45, 7) is 1.08. The molecule has 0 aromatic carbocycles. The Bertz CT molecular complexity index is 542. The van der Waals surface area contributed by atoms with E-state index in [-0.39, 0.29) is 6.54 Å². The fourth-order valence-corrected chi connectivity index (χ4v) is 1.85. The highest BCUT2D eigenvalue weighted by molar-refractivity contribution is 5.86. The molecule has 0 saturated heterocycles. The lowest BCUT2D eigenvalue weighted by molar-refractivity contribution is -0.145. The van der Waals surface area contributed by atoms with Crippen LogP contribution in [0, 0.1) is 0 Å². The minimum absolute atomic E-state index is 0.200. The van der Waals surface area contributed by atoms with Crippen LogP contribution in [0.15, 0.2) is 6.33 Å². The Hall–Kier alpha value is -2.65. The third-order valence-corrected chi connectivity index (χ3v) is 2.90. The fraction of sp³-hybridized carbons (Fsp3) is 0.500. The number of nitrogens with zero attached hydrogens (tertiary/aromatic N) is 4. The van der Waals surface area contributed by atoms with E-state index >= 15 is 0 Å². The first-order valence-electron chi connectivity index (χ1n) is 5.84. The number of aromatic nitrogens is 3. The number of carboxylic acids is 2. The molecule has 20 heavy (non-hydrogen) atoms. The molecule has 10 heteroatoms. The predicted molar refractivity (Wildman–Crippen MR) is 62.6 cm³/mol. The Morgan fingerprint density at radius 3 is 2.75 bits per heavy atom. The molecule has 0 aliphatic carbocycles. The average Bonchev–Trinajstić information content (AvgIpc) is 2.84. The van der Waals surface area contributed by atoms with Crippen LogP contribution in [-0.4, -0.2) is 60.4 Å². The standard InChI is InChI=1S/C10H13N5O5/c16-8(17)3-6(9(18)19)12-10(20)14-1-2-15-5-11-13-7(15)4-14/h5-6H,1-4H2,(H,12,20)(H,16,17)(H,18,19). The number of urea groups is 1. The molecular formula is C10H13N5O5. The Kier molecular flexibility index (Phi) is 3.82. The first kappa shape index (κ1) is 13.8. The van der Waals surface area contributed by atoms with E-state index in [1.54, 1.807) is 10.9 Å². The lowest BCUT2D eigenvalue weighted by Crippen LogP contribution is -2.50. The van der Waals surface area contributed by atoms with Gasteiger partial charge in [0.2, 0.25) is 0 Å². The van der Waals surface area contributed by atoms with Crippen LogP contribution in [0.1, 0.15) is 12.2 Å². The quantitative estimate of drug-likeness (QED) is 0.626. The summed E-state index contributed by atoms with van der Waals surface area (Å²) >= 11 is 0. The summed E-state index contributed by atoms with van der Waals surface area (Å²) in [5.41, 5.74) is 0. The normalized spacial score (nSPS) is 15.3. The largest absolute Gasteiger partial charge is 0.481 e. The maximum absolute atomic E-state index is 11.9. The molecule has 2 heterocycles. The van der Waals surface area contributed by atoms with E-state index in [2.05, 4.69) is 15.5 Å². The second-order valence-electron chi connectivity index (χ2n) is 4.30. The molecule has 0 radical (unpaired) electrons. The molecule has 0 saturated carbocycles. The van der Waals surface area contributed by atoms with Gasteiger partial charge in [-0.2, -0.15) is 0 Å². The molecule has 2 rings (SSSR count). The second kappa shape index (κ2) is 5.55. The number of hydrogen-bond donors (Lipinski definition) is 3. The molecular weight excluding hydrogens is 270 g/mol. The van der Waals surface area contributed by atoms with Gasteiger partial charge in [0.1, 0.15) is 12.4 Å². The molecule has 1 aromatic heterocycles. The van der Waals surface area contributed by atoms with Crippen molar-refractivity contribution in [3.8, 4) is 0 Å². The van der Waals surface area contributed by atoms with Crippen molar-refractivity contribution in [2.75, 3.05) is 6.54 Å². The summed E-state index contributed by atoms with van der Waals surface area (Å²) in [7, 11) is 0. The lowest BCUT2D eigenvalue weighted by Gasteiger charge is -2.28. The SMILES string of the molecule is O=C(O)CC(NC(=O)N1CCn2cnnc2C1)C(=O)O. The van der Waals surface area contributed by atoms with Crippen molar-refractivity contribution in [1.29, 1.82) is 0 Å². The molecule has 0 bridgehead atoms. The minimum Gasteiger partial charge on any atom is -0.481 e. The van der Waals surface area contributed by atoms with Crippen LogP contribution >= 0.6 is 0 Å². The van der Waals surface area contributed by atoms with E-state index in [1.165, 1.54) is 4.90 Å². The van der Waals surface area contributed by atoms with Gasteiger partial charge in [-0.1, -0.05) is 0 Å². The van der Waals surface area contributed by atoms with E-state index in [1.807, 2.05) is 0 Å². The van der Waals surface area contributed by atoms with E-state index in [4.69, 9.17) is 10.2 Å². The molecule has 0 spiro atoms. The zero-order chi connectivity index (χ0) is 14.7. The van der Waals surface area contributed by atoms with Gasteiger partial charge >= 0.3 is 18.0 Å². The monoisotopic (exact) mass is 283 g/mol. The Morgan fingerprint density at radius 2 is 2.10 bits per heavy atom. The van der Waals surface area contributed by atoms with Crippen LogP contribution in [0.3, 0.4) is 0 Å². The number of amides is 2. The summed E-state index contributed by atoms with van der Waals surface area (Å²) in [4.78, 5) is 34.7. The average molecular weight is 283 g/mol. The molecule has 1 aliphatic rings. The smallest absolute Gasteiger partial charge is 0.326 e. The van der Waals surface area contributed by atoms with Gasteiger partial charge in [0.15, 0.2) is 5.82 Å². The minimum atomic E-state index is -1.46. The Morgan fingerprint density at radius 1 is 1.35 bits per heavy atom. The van der Waals surface area contributed by atoms with Crippen LogP contribution in [0.4, 0.5) is 4.79 Å². The zero-order valence-corrected chi connectivity index (χ0v) is 10.4. The van der Waals surface area contributed by atoms with E-state index in [0.717, 1.165) is 0 Å². The van der Waals surface area contributed by atoms with Crippen molar-refractivity contribution in [3.63, 3.8) is 0 Å². The highest BCUT2D eigenvalue weighted by Crippen LogP contribution is 2.09. The van der Waals surface area contributed by atoms with E-state index < -0.39 is 30.4 Å². The third-order valence-electron chi connectivity index (χ3n) is 2.90. The van der Waals surface area contributed by atoms with E-state index in [9.17, 15) is 14.4 Å². The molecule has 1 aromatic rings. The zero-order valence-electron chi connectivity index (χ0n) is 10.4. The fourth-order valence-electron chi connectivity index (χ4n) is 1.85. The first-order chi connectivity index (χ1) is 9.47. The maximum atomic E-state index is 11.9. The van der Waals surface area contributed by atoms with Gasteiger partial charge in [-0.25, -0.2) is 9.59 Å². The molecule has 10 nitrogen and oxygen atoms in total. The first-order valence-corrected chi connectivity index (χ1v) is 5.84. The van der Waals surface area contributed by atoms with Gasteiger partial charge < -0.3 is 25.0 Å². The molecule has 2 amide bonds. The maximum Gasteiger partial charge on any atom is 0.326 e. The molecule has 1 unspecified atom stereocenters. The van der Waals surface area contributed by atoms with Gasteiger partial charge in [0.05, 0.1) is 13.0 Å². The third kappa shape index (κ3) is 3.02. The van der Waals surface area contributed by atoms with Gasteiger partial charge in [0.25, 0.3) is 0 Å². The summed E-state index contributed by atoms with van der Waals surface area (Å²) in [6, 6.07) is -2.09. The number of carboxylic acid groups (broad SMARTS) is 2. The number of carbonyl (C=O) groups is 3. The number of fused-ring (bicyclic) bond motifs is 1. The molecule has 108 valence electrons. The highest BCUT2D eigenvalue weighted by Gasteiger charge is 2.27. The van der Waals surface area contributed by atoms with E-state index in [0.29, 0.717) is 18.9 Å². The van der Waals surface area contributed by atoms with Crippen molar-refractivity contribution < 1.29 is 24.6 Å². The van der Waals surface area contributed by atoms with Crippen LogP contribution in [-0.2, 0) is 22.7 Å². The van der Waals surface area contributed by atoms with Crippen molar-refractivity contribution in [1.82, 2.24) is 25.0 Å². The van der Waals surface area contributed by atoms with Gasteiger partial charge in [0, 0.05) is 13.1 Å². The summed E-state index contributed by atoms with van der Waals surface area (Å²) in [5.74, 6) is -2.09. The van der Waals surface area contributed by atoms with Crippen LogP contribution in [0.2, 0.25) is 0 Å². The van der Waals surface area contributed by atoms with Gasteiger partial charge in [-0.3, -0.25) is 4.79 Å². The highest BCUT2D eigenvalue weighted by atomic mass is 16.4. The van der Waals surface area contributed by atoms with Crippen LogP contribution < -0.4 is 5.32 Å². The van der Waals surface area contributed by atoms with Gasteiger partial charge in [-0.05, 0) is 0 Å². The Balaban J connectivity index is 1.98. The lowest BCUT2D eigenvalue weighted by atomic mass is 10.2. The summed E-state index contributed by atoms with van der Waals surface area (Å²) in [6.07, 6.45) is 0.875. The van der Waals surface area contributed by atoms with Crippen molar-refractivity contribution in [2.24, 2.45) is 0 Å². The van der Waals surface area contributed by atoms with Crippen molar-refractivity contribution >= 4 is 18.0 Å². The predicted octanol–water partition coefficient (Wildman–Crippen LogP) is -1.27. The Labute approximate surface area is 113 Å². The number of rotatable bonds is 4. The number of aliphatic carboxylic acids is 2. The second-order valence-corrected chi connectivity index (χ2v) is 4.30. The molecule has 1 atom stereocenters. The molecule has 1 aliphatic heterocycles. The van der Waals surface area contributed by atoms with Gasteiger partial charge in [-0.15, -0.1) is 10.2 Å². The molecule has 0 fully saturated rings. The van der Waals surface area contributed by atoms with Crippen LogP contribution in [0.5, 0.6) is 0 Å². The summed E-state index contributed by atoms with van der Waals surface area (Å²) in [5, 5.41) is 27.2. The molecule has 3 N–H and O–H groups in total. The van der Waals surface area contributed by atoms with Crippen molar-refractivity contribution in [2.45, 2.75) is 25.6 Å². The topological polar surface area (TPSA) is 138 Å². The number of hydrogen-bond acceptors (Lipinski definition) is 5. The number of nitrogens with one attached hydrogen (secondary N) is 1. The number of carbonyl (C=O) groups excluding carboxylic acids is 1. The van der Waals surface area contributed by atoms with Crippen molar-refractivity contribution in [3.05, 3.63) is 12.2 Å². The summed E-state index contributed by atoms with van der Waals surface area (Å²) < 4.78 is 1.79.